The molecule has 2 N–H and O–H groups in total. The topological polar surface area (TPSA) is 58.6 Å². The third-order valence-corrected chi connectivity index (χ3v) is 3.24. The van der Waals surface area contributed by atoms with Crippen LogP contribution in [0.4, 0.5) is 8.78 Å². The molecular formula is C15H21F2NO3. The van der Waals surface area contributed by atoms with Gasteiger partial charge in [0, 0.05) is 18.2 Å². The lowest BCUT2D eigenvalue weighted by Crippen LogP contribution is -2.35. The van der Waals surface area contributed by atoms with Crippen molar-refractivity contribution < 1.29 is 23.4 Å². The summed E-state index contributed by atoms with van der Waals surface area (Å²) in [7, 11) is 0. The number of aliphatic hydroxyl groups excluding tert-OH is 1. The van der Waals surface area contributed by atoms with E-state index in [1.165, 1.54) is 12.1 Å². The molecule has 6 heteroatoms. The Labute approximate surface area is 123 Å². The molecule has 0 aliphatic heterocycles. The minimum absolute atomic E-state index is 0.00198. The SMILES string of the molecule is CCC(CCO)NC(=O)c1cc(C)c(OC(F)F)c(C)c1. The summed E-state index contributed by atoms with van der Waals surface area (Å²) in [4.78, 5) is 12.1. The first kappa shape index (κ1) is 17.4. The number of amides is 1. The van der Waals surface area contributed by atoms with Gasteiger partial charge in [-0.05, 0) is 49.9 Å². The lowest BCUT2D eigenvalue weighted by atomic mass is 10.0. The molecule has 118 valence electrons. The van der Waals surface area contributed by atoms with Crippen LogP contribution in [0.3, 0.4) is 0 Å². The first-order valence-electron chi connectivity index (χ1n) is 6.86. The molecule has 0 spiro atoms. The van der Waals surface area contributed by atoms with Crippen molar-refractivity contribution >= 4 is 5.91 Å². The van der Waals surface area contributed by atoms with Gasteiger partial charge in [0.05, 0.1) is 0 Å². The minimum atomic E-state index is -2.89. The second-order valence-electron chi connectivity index (χ2n) is 4.91. The van der Waals surface area contributed by atoms with Crippen LogP contribution >= 0.6 is 0 Å². The first-order valence-corrected chi connectivity index (χ1v) is 6.86. The van der Waals surface area contributed by atoms with E-state index >= 15 is 0 Å². The molecule has 4 nitrogen and oxygen atoms in total. The second kappa shape index (κ2) is 7.93. The van der Waals surface area contributed by atoms with Crippen LogP contribution in [0.2, 0.25) is 0 Å². The van der Waals surface area contributed by atoms with Crippen molar-refractivity contribution in [2.24, 2.45) is 0 Å². The molecule has 1 amide bonds. The van der Waals surface area contributed by atoms with Crippen LogP contribution in [-0.2, 0) is 0 Å². The normalized spacial score (nSPS) is 12.3. The predicted molar refractivity (Wildman–Crippen MR) is 75.8 cm³/mol. The molecule has 1 atom stereocenters. The van der Waals surface area contributed by atoms with Gasteiger partial charge in [0.25, 0.3) is 5.91 Å². The van der Waals surface area contributed by atoms with Gasteiger partial charge < -0.3 is 15.2 Å². The molecule has 0 saturated carbocycles. The number of hydrogen-bond acceptors (Lipinski definition) is 3. The van der Waals surface area contributed by atoms with E-state index in [2.05, 4.69) is 10.1 Å². The Morgan fingerprint density at radius 2 is 1.90 bits per heavy atom. The Hall–Kier alpha value is -1.69. The Morgan fingerprint density at radius 3 is 2.33 bits per heavy atom. The first-order chi connectivity index (χ1) is 9.88. The van der Waals surface area contributed by atoms with Crippen LogP contribution in [0.25, 0.3) is 0 Å². The number of halogens is 2. The third-order valence-electron chi connectivity index (χ3n) is 3.24. The average Bonchev–Trinajstić information content (AvgIpc) is 2.41. The fraction of sp³-hybridized carbons (Fsp3) is 0.533. The van der Waals surface area contributed by atoms with Gasteiger partial charge in [-0.2, -0.15) is 8.78 Å². The Balaban J connectivity index is 2.91. The largest absolute Gasteiger partial charge is 0.434 e. The quantitative estimate of drug-likeness (QED) is 0.814. The van der Waals surface area contributed by atoms with Crippen molar-refractivity contribution in [3.05, 3.63) is 28.8 Å². The zero-order chi connectivity index (χ0) is 16.0. The Morgan fingerprint density at radius 1 is 1.33 bits per heavy atom. The summed E-state index contributed by atoms with van der Waals surface area (Å²) in [5, 5.41) is 11.7. The zero-order valence-corrected chi connectivity index (χ0v) is 12.5. The highest BCUT2D eigenvalue weighted by Gasteiger charge is 2.16. The van der Waals surface area contributed by atoms with E-state index in [-0.39, 0.29) is 24.3 Å². The molecule has 1 unspecified atom stereocenters. The standard InChI is InChI=1S/C15H21F2NO3/c1-4-12(5-6-19)18-14(20)11-7-9(2)13(10(3)8-11)21-15(16)17/h7-8,12,15,19H,4-6H2,1-3H3,(H,18,20). The van der Waals surface area contributed by atoms with Gasteiger partial charge in [-0.3, -0.25) is 4.79 Å². The smallest absolute Gasteiger partial charge is 0.387 e. The summed E-state index contributed by atoms with van der Waals surface area (Å²) < 4.78 is 29.1. The number of aliphatic hydroxyl groups is 1. The summed E-state index contributed by atoms with van der Waals surface area (Å²) in [6, 6.07) is 2.93. The summed E-state index contributed by atoms with van der Waals surface area (Å²) in [6.45, 7) is 2.25. The van der Waals surface area contributed by atoms with Gasteiger partial charge in [0.2, 0.25) is 0 Å². The molecule has 0 radical (unpaired) electrons. The summed E-state index contributed by atoms with van der Waals surface area (Å²) >= 11 is 0. The van der Waals surface area contributed by atoms with Crippen LogP contribution in [0, 0.1) is 13.8 Å². The Bertz CT molecular complexity index is 469. The number of hydrogen-bond donors (Lipinski definition) is 2. The highest BCUT2D eigenvalue weighted by Crippen LogP contribution is 2.26. The molecule has 0 fully saturated rings. The molecule has 0 aromatic heterocycles. The molecule has 1 rings (SSSR count). The molecule has 0 bridgehead atoms. The number of nitrogens with one attached hydrogen (secondary N) is 1. The highest BCUT2D eigenvalue weighted by atomic mass is 19.3. The van der Waals surface area contributed by atoms with E-state index in [4.69, 9.17) is 5.11 Å². The van der Waals surface area contributed by atoms with E-state index in [0.717, 1.165) is 0 Å². The number of ether oxygens (including phenoxy) is 1. The predicted octanol–water partition coefficient (Wildman–Crippen LogP) is 2.80. The van der Waals surface area contributed by atoms with E-state index in [0.29, 0.717) is 29.5 Å². The van der Waals surface area contributed by atoms with Gasteiger partial charge in [-0.15, -0.1) is 0 Å². The van der Waals surface area contributed by atoms with E-state index in [9.17, 15) is 13.6 Å². The zero-order valence-electron chi connectivity index (χ0n) is 12.5. The molecular weight excluding hydrogens is 280 g/mol. The number of benzene rings is 1. The third kappa shape index (κ3) is 4.97. The number of rotatable bonds is 7. The molecule has 0 aliphatic rings. The molecule has 0 saturated heterocycles. The van der Waals surface area contributed by atoms with Gasteiger partial charge in [-0.1, -0.05) is 6.92 Å². The summed E-state index contributed by atoms with van der Waals surface area (Å²) in [6.07, 6.45) is 1.18. The van der Waals surface area contributed by atoms with E-state index in [1.807, 2.05) is 6.92 Å². The number of alkyl halides is 2. The van der Waals surface area contributed by atoms with Crippen LogP contribution in [0.5, 0.6) is 5.75 Å². The average molecular weight is 301 g/mol. The van der Waals surface area contributed by atoms with E-state index < -0.39 is 6.61 Å². The van der Waals surface area contributed by atoms with Crippen LogP contribution < -0.4 is 10.1 Å². The van der Waals surface area contributed by atoms with Gasteiger partial charge in [0.1, 0.15) is 5.75 Å². The van der Waals surface area contributed by atoms with Crippen LogP contribution in [0.1, 0.15) is 41.3 Å². The van der Waals surface area contributed by atoms with Crippen molar-refractivity contribution in [2.75, 3.05) is 6.61 Å². The van der Waals surface area contributed by atoms with Crippen molar-refractivity contribution in [1.29, 1.82) is 0 Å². The molecule has 1 aromatic carbocycles. The highest BCUT2D eigenvalue weighted by molar-refractivity contribution is 5.95. The van der Waals surface area contributed by atoms with Crippen LogP contribution in [-0.4, -0.2) is 30.3 Å². The molecule has 1 aromatic rings. The fourth-order valence-electron chi connectivity index (χ4n) is 2.16. The minimum Gasteiger partial charge on any atom is -0.434 e. The molecule has 21 heavy (non-hydrogen) atoms. The monoisotopic (exact) mass is 301 g/mol. The lowest BCUT2D eigenvalue weighted by molar-refractivity contribution is -0.0507. The summed E-state index contributed by atoms with van der Waals surface area (Å²) in [5.74, 6) is -0.186. The molecule has 0 aliphatic carbocycles. The van der Waals surface area contributed by atoms with Gasteiger partial charge >= 0.3 is 6.61 Å². The maximum Gasteiger partial charge on any atom is 0.387 e. The van der Waals surface area contributed by atoms with Crippen LogP contribution in [0.15, 0.2) is 12.1 Å². The van der Waals surface area contributed by atoms with Crippen molar-refractivity contribution in [3.63, 3.8) is 0 Å². The Kier molecular flexibility index (Phi) is 6.55. The second-order valence-corrected chi connectivity index (χ2v) is 4.91. The fourth-order valence-corrected chi connectivity index (χ4v) is 2.16. The summed E-state index contributed by atoms with van der Waals surface area (Å²) in [5.41, 5.74) is 1.36. The lowest BCUT2D eigenvalue weighted by Gasteiger charge is -2.17. The van der Waals surface area contributed by atoms with E-state index in [1.54, 1.807) is 13.8 Å². The number of carbonyl (C=O) groups excluding carboxylic acids is 1. The van der Waals surface area contributed by atoms with Gasteiger partial charge in [0.15, 0.2) is 0 Å². The number of carbonyl (C=O) groups is 1. The van der Waals surface area contributed by atoms with Crippen molar-refractivity contribution in [2.45, 2.75) is 46.3 Å². The maximum absolute atomic E-state index is 12.3. The van der Waals surface area contributed by atoms with Crippen molar-refractivity contribution in [3.8, 4) is 5.75 Å². The number of aryl methyl sites for hydroxylation is 2. The van der Waals surface area contributed by atoms with Gasteiger partial charge in [-0.25, -0.2) is 0 Å². The van der Waals surface area contributed by atoms with Crippen molar-refractivity contribution in [1.82, 2.24) is 5.32 Å². The maximum atomic E-state index is 12.3. The molecule has 0 heterocycles.